The molecule has 5 heterocycles. The highest BCUT2D eigenvalue weighted by Gasteiger charge is 2.26. The lowest BCUT2D eigenvalue weighted by Gasteiger charge is -2.32. The van der Waals surface area contributed by atoms with Crippen molar-refractivity contribution in [2.24, 2.45) is 5.92 Å². The van der Waals surface area contributed by atoms with Crippen LogP contribution in [0.2, 0.25) is 0 Å². The van der Waals surface area contributed by atoms with Gasteiger partial charge >= 0.3 is 0 Å². The first kappa shape index (κ1) is 24.4. The van der Waals surface area contributed by atoms with Gasteiger partial charge in [-0.25, -0.2) is 9.97 Å². The van der Waals surface area contributed by atoms with Crippen LogP contribution in [0.1, 0.15) is 24.1 Å². The first-order valence-corrected chi connectivity index (χ1v) is 13.3. The van der Waals surface area contributed by atoms with Gasteiger partial charge in [0.05, 0.1) is 16.3 Å². The number of pyridine rings is 1. The lowest BCUT2D eigenvalue weighted by Crippen LogP contribution is -2.38. The number of rotatable bonds is 7. The molecule has 3 aliphatic heterocycles. The molecule has 3 aromatic rings. The van der Waals surface area contributed by atoms with Gasteiger partial charge in [0.2, 0.25) is 12.7 Å². The van der Waals surface area contributed by atoms with E-state index in [4.69, 9.17) is 9.47 Å². The van der Waals surface area contributed by atoms with E-state index in [1.54, 1.807) is 18.3 Å². The normalized spacial score (nSPS) is 18.3. The van der Waals surface area contributed by atoms with Crippen molar-refractivity contribution in [3.05, 3.63) is 65.0 Å². The smallest absolute Gasteiger partial charge is 0.290 e. The number of anilines is 1. The second-order valence-corrected chi connectivity index (χ2v) is 10.3. The number of carbonyl (C=O) groups is 2. The molecule has 0 bridgehead atoms. The minimum absolute atomic E-state index is 0.259. The van der Waals surface area contributed by atoms with Gasteiger partial charge < -0.3 is 19.7 Å². The molecule has 38 heavy (non-hydrogen) atoms. The topological polar surface area (TPSA) is 119 Å². The number of amides is 2. The van der Waals surface area contributed by atoms with Crippen LogP contribution < -0.4 is 25.0 Å². The van der Waals surface area contributed by atoms with Gasteiger partial charge in [0.15, 0.2) is 11.5 Å². The molecule has 6 rings (SSSR count). The molecule has 3 aliphatic rings. The molecule has 2 N–H and O–H groups in total. The Labute approximate surface area is 223 Å². The van der Waals surface area contributed by atoms with Gasteiger partial charge in [0.25, 0.3) is 11.1 Å². The number of nitrogens with zero attached hydrogens (tertiary/aromatic N) is 4. The van der Waals surface area contributed by atoms with Crippen LogP contribution >= 0.6 is 11.8 Å². The highest BCUT2D eigenvalue weighted by atomic mass is 32.2. The number of fused-ring (bicyclic) bond motifs is 1. The number of nitrogens with one attached hydrogen (secondary N) is 2. The minimum atomic E-state index is -0.385. The van der Waals surface area contributed by atoms with Crippen LogP contribution in [0.25, 0.3) is 17.3 Å². The summed E-state index contributed by atoms with van der Waals surface area (Å²) in [6, 6.07) is 11.8. The molecule has 0 aliphatic carbocycles. The quantitative estimate of drug-likeness (QED) is 0.439. The van der Waals surface area contributed by atoms with Crippen LogP contribution in [0, 0.1) is 5.92 Å². The van der Waals surface area contributed by atoms with E-state index in [-0.39, 0.29) is 17.9 Å². The summed E-state index contributed by atoms with van der Waals surface area (Å²) < 4.78 is 10.9. The maximum absolute atomic E-state index is 11.8. The summed E-state index contributed by atoms with van der Waals surface area (Å²) in [6.45, 7) is 3.69. The Morgan fingerprint density at radius 3 is 2.74 bits per heavy atom. The number of imide groups is 1. The van der Waals surface area contributed by atoms with E-state index in [1.165, 1.54) is 5.56 Å². The Morgan fingerprint density at radius 2 is 1.89 bits per heavy atom. The monoisotopic (exact) mass is 530 g/mol. The molecule has 1 aromatic carbocycles. The van der Waals surface area contributed by atoms with Gasteiger partial charge in [-0.15, -0.1) is 0 Å². The number of ether oxygens (including phenoxy) is 2. The molecular weight excluding hydrogens is 504 g/mol. The van der Waals surface area contributed by atoms with Crippen molar-refractivity contribution in [3.63, 3.8) is 0 Å². The SMILES string of the molecule is O=C1NC(=O)/C(=C\c2ccnc(N3CCC(CNCc4ccnc(-c5ccc6c(c5)OCO6)c4)CC3)n2)S1. The molecule has 0 unspecified atom stereocenters. The Kier molecular flexibility index (Phi) is 6.93. The molecule has 2 saturated heterocycles. The summed E-state index contributed by atoms with van der Waals surface area (Å²) >= 11 is 0.887. The highest BCUT2D eigenvalue weighted by Crippen LogP contribution is 2.35. The van der Waals surface area contributed by atoms with E-state index in [9.17, 15) is 9.59 Å². The number of benzene rings is 1. The first-order chi connectivity index (χ1) is 18.6. The van der Waals surface area contributed by atoms with Crippen molar-refractivity contribution in [2.45, 2.75) is 19.4 Å². The minimum Gasteiger partial charge on any atom is -0.454 e. The summed E-state index contributed by atoms with van der Waals surface area (Å²) in [5, 5.41) is 5.51. The zero-order valence-electron chi connectivity index (χ0n) is 20.6. The van der Waals surface area contributed by atoms with Crippen molar-refractivity contribution in [1.82, 2.24) is 25.6 Å². The third-order valence-corrected chi connectivity index (χ3v) is 7.55. The van der Waals surface area contributed by atoms with Crippen LogP contribution in [0.15, 0.2) is 53.7 Å². The second kappa shape index (κ2) is 10.8. The number of piperidine rings is 1. The largest absolute Gasteiger partial charge is 0.454 e. The van der Waals surface area contributed by atoms with Crippen LogP contribution in [0.4, 0.5) is 10.7 Å². The molecule has 10 nitrogen and oxygen atoms in total. The Bertz CT molecular complexity index is 1410. The lowest BCUT2D eigenvalue weighted by molar-refractivity contribution is -0.115. The average Bonchev–Trinajstić information content (AvgIpc) is 3.54. The fraction of sp³-hybridized carbons (Fsp3) is 0.296. The summed E-state index contributed by atoms with van der Waals surface area (Å²) in [7, 11) is 0. The molecule has 0 spiro atoms. The third-order valence-electron chi connectivity index (χ3n) is 6.74. The van der Waals surface area contributed by atoms with Crippen LogP contribution in [-0.2, 0) is 11.3 Å². The molecule has 0 saturated carbocycles. The number of carbonyl (C=O) groups excluding carboxylic acids is 2. The number of thioether (sulfide) groups is 1. The predicted octanol–water partition coefficient (Wildman–Crippen LogP) is 3.60. The third kappa shape index (κ3) is 5.48. The molecule has 2 amide bonds. The Hall–Kier alpha value is -3.96. The average molecular weight is 531 g/mol. The van der Waals surface area contributed by atoms with Crippen molar-refractivity contribution in [2.75, 3.05) is 31.3 Å². The van der Waals surface area contributed by atoms with E-state index >= 15 is 0 Å². The first-order valence-electron chi connectivity index (χ1n) is 12.5. The van der Waals surface area contributed by atoms with Gasteiger partial charge in [-0.3, -0.25) is 19.9 Å². The zero-order chi connectivity index (χ0) is 25.9. The predicted molar refractivity (Wildman–Crippen MR) is 144 cm³/mol. The molecule has 0 radical (unpaired) electrons. The summed E-state index contributed by atoms with van der Waals surface area (Å²) in [6.07, 6.45) is 7.23. The van der Waals surface area contributed by atoms with E-state index < -0.39 is 0 Å². The van der Waals surface area contributed by atoms with Crippen molar-refractivity contribution in [1.29, 1.82) is 0 Å². The van der Waals surface area contributed by atoms with E-state index in [0.29, 0.717) is 22.5 Å². The van der Waals surface area contributed by atoms with Gasteiger partial charge in [-0.05, 0) is 85.1 Å². The fourth-order valence-corrected chi connectivity index (χ4v) is 5.37. The Morgan fingerprint density at radius 1 is 1.05 bits per heavy atom. The fourth-order valence-electron chi connectivity index (χ4n) is 4.71. The van der Waals surface area contributed by atoms with Crippen LogP contribution in [-0.4, -0.2) is 52.5 Å². The van der Waals surface area contributed by atoms with Gasteiger partial charge in [-0.2, -0.15) is 0 Å². The second-order valence-electron chi connectivity index (χ2n) is 9.31. The standard InChI is InChI=1S/C27H26N6O4S/c34-25-24(38-27(35)32-25)13-20-4-8-30-26(31-20)33-9-5-17(6-10-33)14-28-15-18-3-7-29-21(11-18)19-1-2-22-23(12-19)37-16-36-22/h1-4,7-8,11-13,17,28H,5-6,9-10,14-16H2,(H,32,34,35)/b24-13+. The van der Waals surface area contributed by atoms with Crippen molar-refractivity contribution < 1.29 is 19.1 Å². The van der Waals surface area contributed by atoms with Crippen LogP contribution in [0.3, 0.4) is 0 Å². The Balaban J connectivity index is 0.998. The van der Waals surface area contributed by atoms with E-state index in [0.717, 1.165) is 73.5 Å². The summed E-state index contributed by atoms with van der Waals surface area (Å²) in [5.41, 5.74) is 3.71. The summed E-state index contributed by atoms with van der Waals surface area (Å²) in [5.74, 6) is 2.35. The summed E-state index contributed by atoms with van der Waals surface area (Å²) in [4.78, 5) is 39.3. The van der Waals surface area contributed by atoms with E-state index in [1.807, 2.05) is 30.5 Å². The highest BCUT2D eigenvalue weighted by molar-refractivity contribution is 8.18. The van der Waals surface area contributed by atoms with Crippen molar-refractivity contribution in [3.8, 4) is 22.8 Å². The van der Waals surface area contributed by atoms with Gasteiger partial charge in [0, 0.05) is 37.6 Å². The maximum atomic E-state index is 11.8. The molecule has 11 heteroatoms. The number of hydrogen-bond donors (Lipinski definition) is 2. The zero-order valence-corrected chi connectivity index (χ0v) is 21.4. The van der Waals surface area contributed by atoms with Crippen LogP contribution in [0.5, 0.6) is 11.5 Å². The van der Waals surface area contributed by atoms with E-state index in [2.05, 4.69) is 36.6 Å². The molecule has 194 valence electrons. The molecule has 2 aromatic heterocycles. The number of aromatic nitrogens is 3. The van der Waals surface area contributed by atoms with Crippen molar-refractivity contribution >= 4 is 34.9 Å². The number of hydrogen-bond acceptors (Lipinski definition) is 10. The lowest BCUT2D eigenvalue weighted by atomic mass is 9.97. The molecule has 2 fully saturated rings. The molecular formula is C27H26N6O4S. The van der Waals surface area contributed by atoms with Gasteiger partial charge in [0.1, 0.15) is 0 Å². The maximum Gasteiger partial charge on any atom is 0.290 e. The van der Waals surface area contributed by atoms with Gasteiger partial charge in [-0.1, -0.05) is 0 Å². The molecule has 0 atom stereocenters.